The van der Waals surface area contributed by atoms with Crippen LogP contribution in [0.4, 0.5) is 0 Å². The molecular formula is C17H32Br2. The predicted octanol–water partition coefficient (Wildman–Crippen LogP) is 7.38. The molecule has 0 spiro atoms. The zero-order valence-corrected chi connectivity index (χ0v) is 15.7. The van der Waals surface area contributed by atoms with Crippen molar-refractivity contribution in [3.63, 3.8) is 0 Å². The van der Waals surface area contributed by atoms with Crippen LogP contribution in [0.15, 0.2) is 0 Å². The summed E-state index contributed by atoms with van der Waals surface area (Å²) < 4.78 is 0. The van der Waals surface area contributed by atoms with E-state index in [1.54, 1.807) is 0 Å². The van der Waals surface area contributed by atoms with E-state index in [4.69, 9.17) is 0 Å². The molecule has 19 heavy (non-hydrogen) atoms. The Kier molecular flexibility index (Phi) is 12.0. The topological polar surface area (TPSA) is 0 Å². The molecule has 1 fully saturated rings. The highest BCUT2D eigenvalue weighted by atomic mass is 79.9. The second kappa shape index (κ2) is 12.7. The molecule has 0 N–H and O–H groups in total. The minimum atomic E-state index is 0.787. The summed E-state index contributed by atoms with van der Waals surface area (Å²) in [4.78, 5) is 1.57. The van der Waals surface area contributed by atoms with Crippen molar-refractivity contribution < 1.29 is 0 Å². The minimum Gasteiger partial charge on any atom is -0.0891 e. The Bertz CT molecular complexity index is 174. The van der Waals surface area contributed by atoms with Crippen LogP contribution in [-0.2, 0) is 0 Å². The summed E-state index contributed by atoms with van der Waals surface area (Å²) >= 11 is 7.71. The third-order valence-corrected chi connectivity index (χ3v) is 6.15. The molecule has 114 valence electrons. The zero-order chi connectivity index (χ0) is 13.8. The van der Waals surface area contributed by atoms with Crippen molar-refractivity contribution in [1.82, 2.24) is 0 Å². The van der Waals surface area contributed by atoms with E-state index in [0.717, 1.165) is 9.65 Å². The second-order valence-electron chi connectivity index (χ2n) is 6.24. The van der Waals surface area contributed by atoms with Crippen molar-refractivity contribution in [2.75, 3.05) is 0 Å². The highest BCUT2D eigenvalue weighted by molar-refractivity contribution is 9.09. The van der Waals surface area contributed by atoms with Crippen molar-refractivity contribution in [1.29, 1.82) is 0 Å². The summed E-state index contributed by atoms with van der Waals surface area (Å²) in [5.41, 5.74) is 0. The van der Waals surface area contributed by atoms with E-state index in [1.165, 1.54) is 96.3 Å². The van der Waals surface area contributed by atoms with Crippen molar-refractivity contribution in [2.24, 2.45) is 0 Å². The Hall–Kier alpha value is 0.960. The molecule has 0 aromatic carbocycles. The maximum Gasteiger partial charge on any atom is 0.0145 e. The van der Waals surface area contributed by atoms with Gasteiger partial charge in [0.25, 0.3) is 0 Å². The molecule has 0 aromatic heterocycles. The molecule has 1 saturated carbocycles. The predicted molar refractivity (Wildman–Crippen MR) is 94.7 cm³/mol. The number of halogens is 2. The monoisotopic (exact) mass is 394 g/mol. The number of hydrogen-bond donors (Lipinski definition) is 0. The lowest BCUT2D eigenvalue weighted by Crippen LogP contribution is -1.98. The molecule has 0 radical (unpaired) electrons. The molecule has 0 bridgehead atoms. The normalized spacial score (nSPS) is 30.6. The van der Waals surface area contributed by atoms with Crippen LogP contribution in [0.25, 0.3) is 0 Å². The number of rotatable bonds is 0. The SMILES string of the molecule is BrC1CCCCCCCCC(Br)CCCCCCC1. The van der Waals surface area contributed by atoms with E-state index in [9.17, 15) is 0 Å². The molecule has 0 aromatic rings. The maximum absolute atomic E-state index is 3.86. The van der Waals surface area contributed by atoms with E-state index in [2.05, 4.69) is 31.9 Å². The lowest BCUT2D eigenvalue weighted by molar-refractivity contribution is 0.549. The summed E-state index contributed by atoms with van der Waals surface area (Å²) in [6.45, 7) is 0. The first-order valence-corrected chi connectivity index (χ1v) is 10.4. The van der Waals surface area contributed by atoms with Gasteiger partial charge in [-0.15, -0.1) is 0 Å². The molecule has 2 heteroatoms. The van der Waals surface area contributed by atoms with Gasteiger partial charge in [-0.1, -0.05) is 102 Å². The molecule has 0 aliphatic heterocycles. The fourth-order valence-electron chi connectivity index (χ4n) is 2.99. The lowest BCUT2D eigenvalue weighted by atomic mass is 10.0. The molecule has 1 aliphatic carbocycles. The number of hydrogen-bond acceptors (Lipinski definition) is 0. The second-order valence-corrected chi connectivity index (χ2v) is 8.83. The van der Waals surface area contributed by atoms with Crippen molar-refractivity contribution >= 4 is 31.9 Å². The Morgan fingerprint density at radius 3 is 0.842 bits per heavy atom. The first-order chi connectivity index (χ1) is 9.29. The van der Waals surface area contributed by atoms with Crippen LogP contribution in [-0.4, -0.2) is 9.65 Å². The maximum atomic E-state index is 3.86. The first-order valence-electron chi connectivity index (χ1n) is 8.57. The summed E-state index contributed by atoms with van der Waals surface area (Å²) in [7, 11) is 0. The van der Waals surface area contributed by atoms with Gasteiger partial charge in [-0.3, -0.25) is 0 Å². The van der Waals surface area contributed by atoms with Crippen LogP contribution in [0.5, 0.6) is 0 Å². The summed E-state index contributed by atoms with van der Waals surface area (Å²) in [5.74, 6) is 0. The van der Waals surface area contributed by atoms with Gasteiger partial charge in [-0.25, -0.2) is 0 Å². The molecule has 0 heterocycles. The molecular weight excluding hydrogens is 364 g/mol. The minimum absolute atomic E-state index is 0.787. The third-order valence-electron chi connectivity index (χ3n) is 4.32. The fourth-order valence-corrected chi connectivity index (χ4v) is 4.28. The summed E-state index contributed by atoms with van der Waals surface area (Å²) in [6, 6.07) is 0. The van der Waals surface area contributed by atoms with E-state index >= 15 is 0 Å². The Labute approximate surface area is 137 Å². The number of alkyl halides is 2. The van der Waals surface area contributed by atoms with E-state index in [0.29, 0.717) is 0 Å². The standard InChI is InChI=1S/C17H32Br2/c18-16-12-8-4-1-2-5-9-13-17(19)15-11-7-3-6-10-14-16/h16-17H,1-15H2. The highest BCUT2D eigenvalue weighted by Crippen LogP contribution is 2.22. The largest absolute Gasteiger partial charge is 0.0891 e. The average Bonchev–Trinajstić information content (AvgIpc) is 2.40. The Morgan fingerprint density at radius 2 is 0.579 bits per heavy atom. The molecule has 2 unspecified atom stereocenters. The molecule has 0 nitrogen and oxygen atoms in total. The van der Waals surface area contributed by atoms with Gasteiger partial charge in [-0.2, -0.15) is 0 Å². The van der Waals surface area contributed by atoms with Crippen LogP contribution >= 0.6 is 31.9 Å². The molecule has 0 saturated heterocycles. The van der Waals surface area contributed by atoms with Gasteiger partial charge < -0.3 is 0 Å². The highest BCUT2D eigenvalue weighted by Gasteiger charge is 2.06. The van der Waals surface area contributed by atoms with E-state index < -0.39 is 0 Å². The fraction of sp³-hybridized carbons (Fsp3) is 1.00. The van der Waals surface area contributed by atoms with Crippen LogP contribution in [0.2, 0.25) is 0 Å². The molecule has 1 aliphatic rings. The van der Waals surface area contributed by atoms with E-state index in [1.807, 2.05) is 0 Å². The van der Waals surface area contributed by atoms with Gasteiger partial charge in [0, 0.05) is 9.65 Å². The average molecular weight is 396 g/mol. The lowest BCUT2D eigenvalue weighted by Gasteiger charge is -2.09. The molecule has 2 atom stereocenters. The van der Waals surface area contributed by atoms with Gasteiger partial charge >= 0.3 is 0 Å². The Balaban J connectivity index is 2.17. The molecule has 1 rings (SSSR count). The van der Waals surface area contributed by atoms with Crippen LogP contribution in [0, 0.1) is 0 Å². The van der Waals surface area contributed by atoms with Crippen molar-refractivity contribution in [2.45, 2.75) is 106 Å². The van der Waals surface area contributed by atoms with Gasteiger partial charge in [0.1, 0.15) is 0 Å². The van der Waals surface area contributed by atoms with Gasteiger partial charge in [0.2, 0.25) is 0 Å². The molecule has 0 amide bonds. The summed E-state index contributed by atoms with van der Waals surface area (Å²) in [6.07, 6.45) is 21.4. The third kappa shape index (κ3) is 11.3. The van der Waals surface area contributed by atoms with Gasteiger partial charge in [0.05, 0.1) is 0 Å². The quantitative estimate of drug-likeness (QED) is 0.375. The van der Waals surface area contributed by atoms with Crippen LogP contribution < -0.4 is 0 Å². The van der Waals surface area contributed by atoms with E-state index in [-0.39, 0.29) is 0 Å². The summed E-state index contributed by atoms with van der Waals surface area (Å²) in [5, 5.41) is 0. The first kappa shape index (κ1) is 18.0. The smallest absolute Gasteiger partial charge is 0.0145 e. The van der Waals surface area contributed by atoms with Crippen molar-refractivity contribution in [3.05, 3.63) is 0 Å². The van der Waals surface area contributed by atoms with Crippen molar-refractivity contribution in [3.8, 4) is 0 Å². The zero-order valence-electron chi connectivity index (χ0n) is 12.5. The van der Waals surface area contributed by atoms with Gasteiger partial charge in [0.15, 0.2) is 0 Å². The van der Waals surface area contributed by atoms with Crippen LogP contribution in [0.1, 0.15) is 96.3 Å². The van der Waals surface area contributed by atoms with Gasteiger partial charge in [-0.05, 0) is 25.7 Å². The van der Waals surface area contributed by atoms with Crippen LogP contribution in [0.3, 0.4) is 0 Å². The Morgan fingerprint density at radius 1 is 0.368 bits per heavy atom.